The molecule has 3 rings (SSSR count). The number of quaternary nitrogens is 1. The molecular weight excluding hydrogens is 368 g/mol. The van der Waals surface area contributed by atoms with Crippen LogP contribution in [-0.2, 0) is 4.79 Å². The minimum absolute atomic E-state index is 0.168. The second-order valence-corrected chi connectivity index (χ2v) is 7.36. The third-order valence-corrected chi connectivity index (χ3v) is 4.64. The number of hydrogen-bond donors (Lipinski definition) is 2. The number of carbonyl (C=O) groups is 1. The minimum atomic E-state index is -0.650. The van der Waals surface area contributed by atoms with Crippen LogP contribution in [0.4, 0.5) is 0 Å². The molecule has 1 aromatic heterocycles. The van der Waals surface area contributed by atoms with Crippen molar-refractivity contribution in [2.75, 3.05) is 27.2 Å². The fraction of sp³-hybridized carbons (Fsp3) is 0.304. The van der Waals surface area contributed by atoms with Gasteiger partial charge in [0, 0.05) is 30.5 Å². The maximum absolute atomic E-state index is 12.2. The van der Waals surface area contributed by atoms with E-state index in [1.165, 1.54) is 11.0 Å². The predicted octanol–water partition coefficient (Wildman–Crippen LogP) is 1.88. The van der Waals surface area contributed by atoms with Crippen LogP contribution in [0, 0.1) is 0 Å². The summed E-state index contributed by atoms with van der Waals surface area (Å²) >= 11 is 0. The Hall–Kier alpha value is -3.12. The second-order valence-electron chi connectivity index (χ2n) is 7.36. The van der Waals surface area contributed by atoms with Crippen LogP contribution in [0.3, 0.4) is 0 Å². The van der Waals surface area contributed by atoms with Crippen molar-refractivity contribution < 1.29 is 18.8 Å². The quantitative estimate of drug-likeness (QED) is 0.451. The number of nitrogens with one attached hydrogen (secondary N) is 2. The summed E-state index contributed by atoms with van der Waals surface area (Å²) in [4.78, 5) is 25.6. The zero-order valence-corrected chi connectivity index (χ0v) is 17.0. The van der Waals surface area contributed by atoms with Crippen molar-refractivity contribution in [2.45, 2.75) is 19.4 Å². The minimum Gasteiger partial charge on any atom is -0.481 e. The van der Waals surface area contributed by atoms with E-state index in [4.69, 9.17) is 9.15 Å². The fourth-order valence-electron chi connectivity index (χ4n) is 3.13. The van der Waals surface area contributed by atoms with E-state index in [0.717, 1.165) is 29.5 Å². The van der Waals surface area contributed by atoms with E-state index in [-0.39, 0.29) is 5.91 Å². The van der Waals surface area contributed by atoms with E-state index in [1.54, 1.807) is 19.1 Å². The second kappa shape index (κ2) is 9.39. The normalized spacial score (nSPS) is 12.1. The highest BCUT2D eigenvalue weighted by molar-refractivity contribution is 5.93. The Balaban J connectivity index is 1.75. The van der Waals surface area contributed by atoms with Crippen molar-refractivity contribution in [1.82, 2.24) is 5.32 Å². The molecule has 0 saturated heterocycles. The van der Waals surface area contributed by atoms with Crippen molar-refractivity contribution >= 4 is 16.9 Å². The topological polar surface area (TPSA) is 73.0 Å². The summed E-state index contributed by atoms with van der Waals surface area (Å²) in [5, 5.41) is 3.70. The first kappa shape index (κ1) is 20.6. The van der Waals surface area contributed by atoms with E-state index in [2.05, 4.69) is 19.4 Å². The molecule has 0 aliphatic rings. The highest BCUT2D eigenvalue weighted by Gasteiger charge is 2.15. The van der Waals surface area contributed by atoms with Crippen molar-refractivity contribution in [3.63, 3.8) is 0 Å². The van der Waals surface area contributed by atoms with Gasteiger partial charge in [0.25, 0.3) is 5.91 Å². The van der Waals surface area contributed by atoms with Gasteiger partial charge in [-0.2, -0.15) is 0 Å². The first-order valence-electron chi connectivity index (χ1n) is 9.81. The lowest BCUT2D eigenvalue weighted by atomic mass is 10.0. The van der Waals surface area contributed by atoms with Crippen LogP contribution < -0.4 is 20.6 Å². The molecule has 0 aliphatic carbocycles. The molecule has 0 bridgehead atoms. The lowest BCUT2D eigenvalue weighted by Gasteiger charge is -2.15. The van der Waals surface area contributed by atoms with E-state index >= 15 is 0 Å². The number of rotatable bonds is 8. The standard InChI is InChI=1S/C23H26N2O4/c1-16(23(27)24-12-7-13-25(2)3)28-18-10-11-19-20(17-8-5-4-6-9-17)15-22(26)29-21(19)14-18/h4-6,8-11,14-16H,7,12-13H2,1-3H3,(H,24,27)/p+1/t16-/m1/s1. The highest BCUT2D eigenvalue weighted by atomic mass is 16.5. The molecule has 29 heavy (non-hydrogen) atoms. The molecule has 1 amide bonds. The monoisotopic (exact) mass is 395 g/mol. The molecule has 3 aromatic rings. The van der Waals surface area contributed by atoms with Gasteiger partial charge in [-0.15, -0.1) is 0 Å². The van der Waals surface area contributed by atoms with Gasteiger partial charge in [0.15, 0.2) is 6.10 Å². The molecule has 2 aromatic carbocycles. The summed E-state index contributed by atoms with van der Waals surface area (Å²) in [6, 6.07) is 16.4. The number of carbonyl (C=O) groups excluding carboxylic acids is 1. The smallest absolute Gasteiger partial charge is 0.336 e. The summed E-state index contributed by atoms with van der Waals surface area (Å²) in [6.07, 6.45) is 0.257. The number of fused-ring (bicyclic) bond motifs is 1. The van der Waals surface area contributed by atoms with Crippen LogP contribution >= 0.6 is 0 Å². The zero-order valence-electron chi connectivity index (χ0n) is 17.0. The van der Waals surface area contributed by atoms with Gasteiger partial charge in [0.2, 0.25) is 0 Å². The van der Waals surface area contributed by atoms with Gasteiger partial charge in [0.1, 0.15) is 11.3 Å². The van der Waals surface area contributed by atoms with Gasteiger partial charge in [0.05, 0.1) is 20.6 Å². The lowest BCUT2D eigenvalue weighted by molar-refractivity contribution is -0.858. The average Bonchev–Trinajstić information content (AvgIpc) is 2.70. The summed E-state index contributed by atoms with van der Waals surface area (Å²) < 4.78 is 11.1. The summed E-state index contributed by atoms with van der Waals surface area (Å²) in [5.74, 6) is 0.310. The maximum Gasteiger partial charge on any atom is 0.336 e. The lowest BCUT2D eigenvalue weighted by Crippen LogP contribution is -3.05. The van der Waals surface area contributed by atoms with Crippen LogP contribution in [0.2, 0.25) is 0 Å². The van der Waals surface area contributed by atoms with Crippen molar-refractivity contribution in [1.29, 1.82) is 0 Å². The summed E-state index contributed by atoms with van der Waals surface area (Å²) in [6.45, 7) is 3.31. The molecular formula is C23H27N2O4+. The summed E-state index contributed by atoms with van der Waals surface area (Å²) in [5.41, 5.74) is 1.74. The summed E-state index contributed by atoms with van der Waals surface area (Å²) in [7, 11) is 4.16. The SMILES string of the molecule is C[C@@H](Oc1ccc2c(-c3ccccc3)cc(=O)oc2c1)C(=O)NCCC[NH+](C)C. The van der Waals surface area contributed by atoms with E-state index in [0.29, 0.717) is 17.9 Å². The van der Waals surface area contributed by atoms with Crippen LogP contribution in [0.25, 0.3) is 22.1 Å². The third kappa shape index (κ3) is 5.45. The molecule has 0 radical (unpaired) electrons. The number of amides is 1. The molecule has 0 unspecified atom stereocenters. The number of benzene rings is 2. The van der Waals surface area contributed by atoms with Crippen LogP contribution in [-0.4, -0.2) is 39.2 Å². The van der Waals surface area contributed by atoms with Crippen LogP contribution in [0.1, 0.15) is 13.3 Å². The van der Waals surface area contributed by atoms with Gasteiger partial charge in [-0.25, -0.2) is 4.79 Å². The molecule has 0 fully saturated rings. The van der Waals surface area contributed by atoms with Crippen molar-refractivity contribution in [3.05, 3.63) is 65.0 Å². The van der Waals surface area contributed by atoms with Gasteiger partial charge >= 0.3 is 5.63 Å². The molecule has 0 spiro atoms. The van der Waals surface area contributed by atoms with Crippen LogP contribution in [0.15, 0.2) is 63.8 Å². The Labute approximate surface area is 170 Å². The molecule has 0 saturated carbocycles. The Morgan fingerprint density at radius 1 is 1.14 bits per heavy atom. The third-order valence-electron chi connectivity index (χ3n) is 4.64. The maximum atomic E-state index is 12.2. The first-order chi connectivity index (χ1) is 13.9. The largest absolute Gasteiger partial charge is 0.481 e. The zero-order chi connectivity index (χ0) is 20.8. The Bertz CT molecular complexity index is 1030. The predicted molar refractivity (Wildman–Crippen MR) is 113 cm³/mol. The van der Waals surface area contributed by atoms with Crippen molar-refractivity contribution in [2.24, 2.45) is 0 Å². The molecule has 152 valence electrons. The molecule has 2 N–H and O–H groups in total. The average molecular weight is 395 g/mol. The van der Waals surface area contributed by atoms with Gasteiger partial charge in [-0.3, -0.25) is 4.79 Å². The Morgan fingerprint density at radius 2 is 1.90 bits per heavy atom. The molecule has 1 heterocycles. The van der Waals surface area contributed by atoms with Gasteiger partial charge in [-0.1, -0.05) is 30.3 Å². The van der Waals surface area contributed by atoms with Crippen LogP contribution in [0.5, 0.6) is 5.75 Å². The van der Waals surface area contributed by atoms with Gasteiger partial charge < -0.3 is 19.4 Å². The van der Waals surface area contributed by atoms with E-state index < -0.39 is 11.7 Å². The van der Waals surface area contributed by atoms with E-state index in [1.807, 2.05) is 36.4 Å². The fourth-order valence-corrected chi connectivity index (χ4v) is 3.13. The highest BCUT2D eigenvalue weighted by Crippen LogP contribution is 2.29. The Morgan fingerprint density at radius 3 is 2.62 bits per heavy atom. The number of hydrogen-bond acceptors (Lipinski definition) is 4. The molecule has 0 aliphatic heterocycles. The molecule has 1 atom stereocenters. The first-order valence-corrected chi connectivity index (χ1v) is 9.81. The van der Waals surface area contributed by atoms with E-state index in [9.17, 15) is 9.59 Å². The molecule has 6 nitrogen and oxygen atoms in total. The van der Waals surface area contributed by atoms with Crippen molar-refractivity contribution in [3.8, 4) is 16.9 Å². The molecule has 6 heteroatoms. The van der Waals surface area contributed by atoms with Gasteiger partial charge in [-0.05, 0) is 30.2 Å². The number of ether oxygens (including phenoxy) is 1. The Kier molecular flexibility index (Phi) is 6.67.